The van der Waals surface area contributed by atoms with Crippen molar-refractivity contribution in [3.05, 3.63) is 14.5 Å². The average Bonchev–Trinajstić information content (AvgIpc) is 2.33. The Balaban J connectivity index is 2.98. The maximum atomic E-state index is 9.00. The summed E-state index contributed by atoms with van der Waals surface area (Å²) in [7, 11) is -0.481. The quantitative estimate of drug-likeness (QED) is 0.763. The van der Waals surface area contributed by atoms with Crippen molar-refractivity contribution in [3.8, 4) is 0 Å². The molecule has 0 aliphatic carbocycles. The fraction of sp³-hybridized carbons (Fsp3) is 0.700. The van der Waals surface area contributed by atoms with Crippen molar-refractivity contribution in [2.75, 3.05) is 6.61 Å². The predicted octanol–water partition coefficient (Wildman–Crippen LogP) is 2.34. The van der Waals surface area contributed by atoms with E-state index in [0.29, 0.717) is 6.61 Å². The largest absolute Gasteiger partial charge is 0.396 e. The van der Waals surface area contributed by atoms with E-state index in [1.54, 1.807) is 9.66 Å². The van der Waals surface area contributed by atoms with Crippen LogP contribution in [-0.4, -0.2) is 20.1 Å². The number of aliphatic hydroxyl groups is 1. The number of aliphatic hydroxyl groups excluding tert-OH is 1. The van der Waals surface area contributed by atoms with E-state index in [9.17, 15) is 0 Å². The van der Waals surface area contributed by atoms with E-state index >= 15 is 0 Å². The van der Waals surface area contributed by atoms with Crippen molar-refractivity contribution in [1.82, 2.24) is 0 Å². The number of hydrogen-bond donors (Lipinski definition) is 1. The molecule has 0 aliphatic rings. The minimum atomic E-state index is -0.481. The monoisotopic (exact) mass is 214 g/mol. The summed E-state index contributed by atoms with van der Waals surface area (Å²) in [5, 5.41) is 10.7. The van der Waals surface area contributed by atoms with Gasteiger partial charge in [0.25, 0.3) is 0 Å². The van der Waals surface area contributed by atoms with E-state index < -0.39 is 8.40 Å². The fourth-order valence-corrected chi connectivity index (χ4v) is 6.91. The minimum Gasteiger partial charge on any atom is -0.396 e. The van der Waals surface area contributed by atoms with Crippen molar-refractivity contribution in [2.45, 2.75) is 39.7 Å². The van der Waals surface area contributed by atoms with Crippen LogP contribution in [0.15, 0.2) is 0 Å². The molecule has 1 rings (SSSR count). The highest BCUT2D eigenvalue weighted by atomic mass is 32.1. The lowest BCUT2D eigenvalue weighted by molar-refractivity contribution is 0.308. The van der Waals surface area contributed by atoms with Gasteiger partial charge in [0, 0.05) is 11.5 Å². The third kappa shape index (κ3) is 2.48. The van der Waals surface area contributed by atoms with E-state index in [1.165, 1.54) is 17.7 Å². The zero-order valence-electron chi connectivity index (χ0n) is 8.68. The summed E-state index contributed by atoms with van der Waals surface area (Å²) in [6.45, 7) is 7.05. The summed E-state index contributed by atoms with van der Waals surface area (Å²) in [5.74, 6) is 0. The molecule has 0 fully saturated rings. The Kier molecular flexibility index (Phi) is 4.29. The lowest BCUT2D eigenvalue weighted by Gasteiger charge is -2.02. The molecule has 13 heavy (non-hydrogen) atoms. The summed E-state index contributed by atoms with van der Waals surface area (Å²) in [6, 6.07) is 1.01. The van der Waals surface area contributed by atoms with Gasteiger partial charge in [0.15, 0.2) is 0 Å². The lowest BCUT2D eigenvalue weighted by atomic mass is 10.3. The van der Waals surface area contributed by atoms with Gasteiger partial charge in [-0.3, -0.25) is 0 Å². The standard InChI is InChI=1S/C10H18OSSi/c1-4-5-10-8(2)12-9(3)13(10)7-6-11/h11H,4-7H2,1-3H3. The van der Waals surface area contributed by atoms with E-state index in [2.05, 4.69) is 20.8 Å². The average molecular weight is 214 g/mol. The molecule has 1 heterocycles. The van der Waals surface area contributed by atoms with Crippen molar-refractivity contribution in [2.24, 2.45) is 0 Å². The van der Waals surface area contributed by atoms with Crippen LogP contribution in [0.4, 0.5) is 0 Å². The second kappa shape index (κ2) is 5.03. The molecular weight excluding hydrogens is 196 g/mol. The Hall–Kier alpha value is 0.00688. The van der Waals surface area contributed by atoms with E-state index in [4.69, 9.17) is 5.11 Å². The summed E-state index contributed by atoms with van der Waals surface area (Å²) in [6.07, 6.45) is 2.48. The Bertz CT molecular complexity index is 254. The van der Waals surface area contributed by atoms with Gasteiger partial charge < -0.3 is 5.11 Å². The lowest BCUT2D eigenvalue weighted by Crippen LogP contribution is -2.10. The molecule has 0 atom stereocenters. The Morgan fingerprint density at radius 3 is 2.62 bits per heavy atom. The molecule has 1 N–H and O–H groups in total. The van der Waals surface area contributed by atoms with Gasteiger partial charge in [-0.1, -0.05) is 13.3 Å². The van der Waals surface area contributed by atoms with Crippen molar-refractivity contribution >= 4 is 19.7 Å². The molecule has 0 unspecified atom stereocenters. The smallest absolute Gasteiger partial charge is 0.0601 e. The summed E-state index contributed by atoms with van der Waals surface area (Å²) < 4.78 is 1.57. The normalized spacial score (nSPS) is 10.8. The van der Waals surface area contributed by atoms with Crippen LogP contribution in [0.5, 0.6) is 0 Å². The molecule has 0 aliphatic heterocycles. The van der Waals surface area contributed by atoms with Gasteiger partial charge in [-0.2, -0.15) is 11.3 Å². The zero-order valence-corrected chi connectivity index (χ0v) is 10.5. The number of rotatable bonds is 4. The maximum Gasteiger partial charge on any atom is 0.0601 e. The first kappa shape index (κ1) is 11.1. The Morgan fingerprint density at radius 1 is 1.38 bits per heavy atom. The van der Waals surface area contributed by atoms with Gasteiger partial charge in [-0.25, -0.2) is 0 Å². The first-order valence-corrected chi connectivity index (χ1v) is 7.41. The van der Waals surface area contributed by atoms with Crippen LogP contribution in [0.1, 0.15) is 27.9 Å². The molecule has 1 nitrogen and oxygen atoms in total. The van der Waals surface area contributed by atoms with Crippen LogP contribution < -0.4 is 0 Å². The van der Waals surface area contributed by atoms with Gasteiger partial charge >= 0.3 is 0 Å². The van der Waals surface area contributed by atoms with Crippen molar-refractivity contribution in [1.29, 1.82) is 0 Å². The zero-order chi connectivity index (χ0) is 9.84. The van der Waals surface area contributed by atoms with Gasteiger partial charge in [0.05, 0.1) is 8.40 Å². The molecule has 0 spiro atoms. The summed E-state index contributed by atoms with van der Waals surface area (Å²) >= 11 is 1.95. The molecule has 0 saturated heterocycles. The van der Waals surface area contributed by atoms with Gasteiger partial charge in [0.2, 0.25) is 0 Å². The van der Waals surface area contributed by atoms with E-state index in [1.807, 2.05) is 11.3 Å². The molecular formula is C10H18OSSi. The first-order chi connectivity index (χ1) is 6.20. The van der Waals surface area contributed by atoms with E-state index in [0.717, 1.165) is 6.04 Å². The SMILES string of the molecule is CCCc1c(C)sc(C)[si]1CCO. The Labute approximate surface area is 86.0 Å². The molecule has 1 aromatic rings. The Morgan fingerprint density at radius 2 is 2.08 bits per heavy atom. The van der Waals surface area contributed by atoms with Crippen LogP contribution in [0.25, 0.3) is 0 Å². The topological polar surface area (TPSA) is 20.2 Å². The molecule has 3 heteroatoms. The predicted molar refractivity (Wildman–Crippen MR) is 60.8 cm³/mol. The van der Waals surface area contributed by atoms with Crippen LogP contribution in [0.3, 0.4) is 0 Å². The van der Waals surface area contributed by atoms with Crippen LogP contribution >= 0.6 is 11.3 Å². The summed E-state index contributed by atoms with van der Waals surface area (Å²) in [5.41, 5.74) is 0. The number of aryl methyl sites for hydroxylation is 2. The number of hydrogen-bond acceptors (Lipinski definition) is 2. The van der Waals surface area contributed by atoms with Gasteiger partial charge in [-0.15, -0.1) is 0 Å². The minimum absolute atomic E-state index is 0.354. The third-order valence-electron chi connectivity index (χ3n) is 2.38. The van der Waals surface area contributed by atoms with Crippen LogP contribution in [0, 0.1) is 13.8 Å². The van der Waals surface area contributed by atoms with Gasteiger partial charge in [0.1, 0.15) is 0 Å². The molecule has 0 saturated carbocycles. The molecule has 0 radical (unpaired) electrons. The fourth-order valence-electron chi connectivity index (χ4n) is 1.79. The molecule has 0 bridgehead atoms. The highest BCUT2D eigenvalue weighted by Gasteiger charge is 2.11. The third-order valence-corrected chi connectivity index (χ3v) is 7.39. The second-order valence-electron chi connectivity index (χ2n) is 3.40. The highest BCUT2D eigenvalue weighted by Crippen LogP contribution is 2.21. The van der Waals surface area contributed by atoms with E-state index in [-0.39, 0.29) is 0 Å². The first-order valence-electron chi connectivity index (χ1n) is 4.89. The van der Waals surface area contributed by atoms with Crippen molar-refractivity contribution in [3.63, 3.8) is 0 Å². The molecule has 1 aromatic heterocycles. The molecule has 0 amide bonds. The second-order valence-corrected chi connectivity index (χ2v) is 8.00. The van der Waals surface area contributed by atoms with Crippen LogP contribution in [0.2, 0.25) is 0 Å². The van der Waals surface area contributed by atoms with Gasteiger partial charge in [-0.05, 0) is 36.0 Å². The maximum absolute atomic E-state index is 9.00. The molecule has 0 aromatic carbocycles. The summed E-state index contributed by atoms with van der Waals surface area (Å²) in [4.78, 5) is 1.52. The highest BCUT2D eigenvalue weighted by molar-refractivity contribution is 7.17. The molecule has 74 valence electrons. The van der Waals surface area contributed by atoms with Crippen LogP contribution in [-0.2, 0) is 12.5 Å². The van der Waals surface area contributed by atoms with Crippen molar-refractivity contribution < 1.29 is 5.11 Å².